The molecule has 1 aromatic heterocycles. The number of fused-ring (bicyclic) bond motifs is 3. The minimum absolute atomic E-state index is 0. The topological polar surface area (TPSA) is 65.1 Å². The van der Waals surface area contributed by atoms with Crippen LogP contribution >= 0.6 is 12.4 Å². The Bertz CT molecular complexity index is 1080. The lowest BCUT2D eigenvalue weighted by molar-refractivity contribution is 0.590. The summed E-state index contributed by atoms with van der Waals surface area (Å²) in [5, 5.41) is 1.84. The molecule has 0 aliphatic carbocycles. The van der Waals surface area contributed by atoms with E-state index in [0.717, 1.165) is 10.8 Å². The average molecular weight is 359 g/mol. The molecule has 24 heavy (non-hydrogen) atoms. The molecular weight excluding hydrogens is 344 g/mol. The Morgan fingerprint density at radius 2 is 1.17 bits per heavy atom. The highest BCUT2D eigenvalue weighted by atomic mass is 35.5. The fourth-order valence-electron chi connectivity index (χ4n) is 2.89. The molecule has 0 saturated heterocycles. The summed E-state index contributed by atoms with van der Waals surface area (Å²) >= 11 is 0. The second-order valence-electron chi connectivity index (χ2n) is 5.37. The molecule has 0 unspecified atom stereocenters. The van der Waals surface area contributed by atoms with Gasteiger partial charge in [-0.2, -0.15) is 0 Å². The van der Waals surface area contributed by atoms with Crippen molar-refractivity contribution in [2.24, 2.45) is 0 Å². The Kier molecular flexibility index (Phi) is 3.99. The molecule has 4 rings (SSSR count). The number of rotatable bonds is 2. The summed E-state index contributed by atoms with van der Waals surface area (Å²) in [7, 11) is -3.70. The lowest BCUT2D eigenvalue weighted by atomic mass is 10.2. The van der Waals surface area contributed by atoms with Gasteiger partial charge in [-0.05, 0) is 36.4 Å². The number of hydrogen-bond donors (Lipinski definition) is 1. The summed E-state index contributed by atoms with van der Waals surface area (Å²) in [6.45, 7) is 0. The van der Waals surface area contributed by atoms with Crippen molar-refractivity contribution in [1.82, 2.24) is 3.97 Å². The van der Waals surface area contributed by atoms with Crippen LogP contribution in [0.1, 0.15) is 0 Å². The number of halogens is 1. The molecule has 4 nitrogen and oxygen atoms in total. The molecule has 0 saturated carbocycles. The fraction of sp³-hybridized carbons (Fsp3) is 0. The average Bonchev–Trinajstić information content (AvgIpc) is 2.90. The maximum atomic E-state index is 13.2. The van der Waals surface area contributed by atoms with Gasteiger partial charge in [0.1, 0.15) is 0 Å². The zero-order valence-corrected chi connectivity index (χ0v) is 14.2. The van der Waals surface area contributed by atoms with Crippen molar-refractivity contribution in [3.63, 3.8) is 0 Å². The van der Waals surface area contributed by atoms with Gasteiger partial charge in [-0.25, -0.2) is 12.4 Å². The van der Waals surface area contributed by atoms with E-state index in [1.165, 1.54) is 16.1 Å². The predicted molar refractivity (Wildman–Crippen MR) is 100 cm³/mol. The Morgan fingerprint density at radius 1 is 0.708 bits per heavy atom. The van der Waals surface area contributed by atoms with Crippen molar-refractivity contribution in [2.75, 3.05) is 5.73 Å². The summed E-state index contributed by atoms with van der Waals surface area (Å²) in [6.07, 6.45) is 0. The number of nitrogens with two attached hydrogens (primary N) is 1. The van der Waals surface area contributed by atoms with Crippen molar-refractivity contribution in [3.8, 4) is 0 Å². The molecule has 122 valence electrons. The molecule has 6 heteroatoms. The van der Waals surface area contributed by atoms with Crippen molar-refractivity contribution < 1.29 is 8.42 Å². The fourth-order valence-corrected chi connectivity index (χ4v) is 4.42. The van der Waals surface area contributed by atoms with E-state index in [9.17, 15) is 8.42 Å². The number of nitrogens with zero attached hydrogens (tertiary/aromatic N) is 1. The lowest BCUT2D eigenvalue weighted by Crippen LogP contribution is -2.12. The largest absolute Gasteiger partial charge is 0.399 e. The standard InChI is InChI=1S/C18H14N2O2S.ClH/c19-13-9-11-14(12-10-13)23(21,22)20-17-7-3-1-5-15(17)16-6-2-4-8-18(16)20;/h1-12H,19H2;1H. The van der Waals surface area contributed by atoms with Gasteiger partial charge in [0.25, 0.3) is 10.0 Å². The van der Waals surface area contributed by atoms with Gasteiger partial charge in [0.2, 0.25) is 0 Å². The van der Waals surface area contributed by atoms with E-state index in [1.54, 1.807) is 12.1 Å². The molecule has 3 aromatic carbocycles. The Balaban J connectivity index is 0.00000169. The maximum absolute atomic E-state index is 13.2. The van der Waals surface area contributed by atoms with Gasteiger partial charge in [-0.1, -0.05) is 36.4 Å². The minimum atomic E-state index is -3.70. The van der Waals surface area contributed by atoms with Gasteiger partial charge in [-0.3, -0.25) is 0 Å². The summed E-state index contributed by atoms with van der Waals surface area (Å²) in [4.78, 5) is 0.221. The zero-order valence-electron chi connectivity index (χ0n) is 12.6. The van der Waals surface area contributed by atoms with Crippen LogP contribution in [0.2, 0.25) is 0 Å². The van der Waals surface area contributed by atoms with Crippen LogP contribution in [0.4, 0.5) is 5.69 Å². The molecule has 0 amide bonds. The van der Waals surface area contributed by atoms with Gasteiger partial charge in [0.15, 0.2) is 0 Å². The van der Waals surface area contributed by atoms with Crippen molar-refractivity contribution in [3.05, 3.63) is 72.8 Å². The second-order valence-corrected chi connectivity index (χ2v) is 7.16. The third kappa shape index (κ3) is 2.33. The normalized spacial score (nSPS) is 11.5. The van der Waals surface area contributed by atoms with Crippen LogP contribution in [0.5, 0.6) is 0 Å². The van der Waals surface area contributed by atoms with Crippen molar-refractivity contribution in [2.45, 2.75) is 4.90 Å². The first-order valence-corrected chi connectivity index (χ1v) is 8.62. The Morgan fingerprint density at radius 3 is 1.67 bits per heavy atom. The minimum Gasteiger partial charge on any atom is -0.399 e. The van der Waals surface area contributed by atoms with E-state index in [4.69, 9.17) is 5.73 Å². The van der Waals surface area contributed by atoms with Crippen LogP contribution in [0.15, 0.2) is 77.7 Å². The summed E-state index contributed by atoms with van der Waals surface area (Å²) in [5.74, 6) is 0. The first kappa shape index (κ1) is 16.4. The predicted octanol–water partition coefficient (Wildman–Crippen LogP) is 4.04. The summed E-state index contributed by atoms with van der Waals surface area (Å²) < 4.78 is 27.7. The maximum Gasteiger partial charge on any atom is 0.268 e. The van der Waals surface area contributed by atoms with Gasteiger partial charge in [0, 0.05) is 16.5 Å². The summed E-state index contributed by atoms with van der Waals surface area (Å²) in [5.41, 5.74) is 7.55. The molecule has 0 aliphatic heterocycles. The Labute approximate surface area is 146 Å². The van der Waals surface area contributed by atoms with Gasteiger partial charge >= 0.3 is 0 Å². The number of para-hydroxylation sites is 2. The SMILES string of the molecule is Cl.Nc1ccc(S(=O)(=O)n2c3ccccc3c3ccccc32)cc1. The number of hydrogen-bond acceptors (Lipinski definition) is 3. The van der Waals surface area contributed by atoms with E-state index in [-0.39, 0.29) is 17.3 Å². The molecule has 2 N–H and O–H groups in total. The van der Waals surface area contributed by atoms with Crippen molar-refractivity contribution in [1.29, 1.82) is 0 Å². The van der Waals surface area contributed by atoms with Gasteiger partial charge < -0.3 is 5.73 Å². The molecule has 0 radical (unpaired) electrons. The smallest absolute Gasteiger partial charge is 0.268 e. The third-order valence-electron chi connectivity index (χ3n) is 3.95. The van der Waals surface area contributed by atoms with E-state index in [1.807, 2.05) is 48.5 Å². The highest BCUT2D eigenvalue weighted by Crippen LogP contribution is 2.32. The van der Waals surface area contributed by atoms with Crippen LogP contribution in [-0.4, -0.2) is 12.4 Å². The highest BCUT2D eigenvalue weighted by molar-refractivity contribution is 7.90. The van der Waals surface area contributed by atoms with E-state index >= 15 is 0 Å². The second kappa shape index (κ2) is 5.85. The van der Waals surface area contributed by atoms with Crippen LogP contribution in [-0.2, 0) is 10.0 Å². The quantitative estimate of drug-likeness (QED) is 0.550. The van der Waals surface area contributed by atoms with Crippen LogP contribution < -0.4 is 5.73 Å². The molecular formula is C18H15ClN2O2S. The number of aromatic nitrogens is 1. The van der Waals surface area contributed by atoms with Gasteiger partial charge in [-0.15, -0.1) is 12.4 Å². The zero-order chi connectivity index (χ0) is 16.0. The molecule has 1 heterocycles. The van der Waals surface area contributed by atoms with Crippen LogP contribution in [0.3, 0.4) is 0 Å². The highest BCUT2D eigenvalue weighted by Gasteiger charge is 2.22. The van der Waals surface area contributed by atoms with E-state index < -0.39 is 10.0 Å². The third-order valence-corrected chi connectivity index (χ3v) is 5.70. The number of benzene rings is 3. The first-order chi connectivity index (χ1) is 11.1. The van der Waals surface area contributed by atoms with Crippen molar-refractivity contribution >= 4 is 49.9 Å². The Hall–Kier alpha value is -2.50. The van der Waals surface area contributed by atoms with Crippen LogP contribution in [0.25, 0.3) is 21.8 Å². The molecule has 0 bridgehead atoms. The monoisotopic (exact) mass is 358 g/mol. The molecule has 0 spiro atoms. The van der Waals surface area contributed by atoms with Crippen LogP contribution in [0, 0.1) is 0 Å². The lowest BCUT2D eigenvalue weighted by Gasteiger charge is -2.09. The molecule has 0 fully saturated rings. The molecule has 4 aromatic rings. The summed E-state index contributed by atoms with van der Waals surface area (Å²) in [6, 6.07) is 21.3. The number of anilines is 1. The first-order valence-electron chi connectivity index (χ1n) is 7.18. The molecule has 0 atom stereocenters. The molecule has 0 aliphatic rings. The van der Waals surface area contributed by atoms with E-state index in [2.05, 4.69) is 0 Å². The van der Waals surface area contributed by atoms with E-state index in [0.29, 0.717) is 16.7 Å². The van der Waals surface area contributed by atoms with Gasteiger partial charge in [0.05, 0.1) is 15.9 Å². The number of nitrogen functional groups attached to an aromatic ring is 1.